The molecular weight excluding hydrogens is 376 g/mol. The molecule has 2 aromatic heterocycles. The van der Waals surface area contributed by atoms with Gasteiger partial charge in [0.2, 0.25) is 5.16 Å². The lowest BCUT2D eigenvalue weighted by molar-refractivity contribution is 0.416. The number of benzene rings is 2. The number of H-pyrrole nitrogens is 1. The molecule has 28 heavy (non-hydrogen) atoms. The highest BCUT2D eigenvalue weighted by atomic mass is 32.2. The van der Waals surface area contributed by atoms with E-state index in [0.717, 1.165) is 5.56 Å². The number of hydrogen-bond donors (Lipinski definition) is 2. The number of nitrogen functional groups attached to an aromatic ring is 1. The van der Waals surface area contributed by atoms with Crippen molar-refractivity contribution in [2.75, 3.05) is 13.0 Å². The summed E-state index contributed by atoms with van der Waals surface area (Å²) in [6.07, 6.45) is 0. The van der Waals surface area contributed by atoms with E-state index in [1.807, 2.05) is 49.4 Å². The van der Waals surface area contributed by atoms with Crippen LogP contribution in [0.25, 0.3) is 22.3 Å². The summed E-state index contributed by atoms with van der Waals surface area (Å²) in [5, 5.41) is 9.27. The number of rotatable bonds is 5. The van der Waals surface area contributed by atoms with E-state index in [4.69, 9.17) is 10.6 Å². The predicted molar refractivity (Wildman–Crippen MR) is 109 cm³/mol. The molecule has 2 aromatic carbocycles. The van der Waals surface area contributed by atoms with Gasteiger partial charge in [0, 0.05) is 0 Å². The van der Waals surface area contributed by atoms with Crippen LogP contribution in [0.15, 0.2) is 58.5 Å². The van der Waals surface area contributed by atoms with Gasteiger partial charge in [-0.3, -0.25) is 4.79 Å². The summed E-state index contributed by atoms with van der Waals surface area (Å²) in [6.45, 7) is 1.93. The SMILES string of the molecule is COc1ccccc1-c1nnc(S[C@@H](C)c2nc3ccccc3c(=O)[nH]2)n1N. The maximum Gasteiger partial charge on any atom is 0.258 e. The summed E-state index contributed by atoms with van der Waals surface area (Å²) in [7, 11) is 1.59. The molecule has 4 aromatic rings. The summed E-state index contributed by atoms with van der Waals surface area (Å²) in [4.78, 5) is 19.7. The number of aromatic amines is 1. The Balaban J connectivity index is 1.65. The molecule has 2 heterocycles. The van der Waals surface area contributed by atoms with Crippen LogP contribution in [0.2, 0.25) is 0 Å². The largest absolute Gasteiger partial charge is 0.496 e. The number of aromatic nitrogens is 5. The molecule has 0 amide bonds. The normalized spacial score (nSPS) is 12.2. The van der Waals surface area contributed by atoms with Gasteiger partial charge in [0.1, 0.15) is 11.6 Å². The maximum absolute atomic E-state index is 12.3. The highest BCUT2D eigenvalue weighted by Gasteiger charge is 2.20. The van der Waals surface area contributed by atoms with Gasteiger partial charge < -0.3 is 15.6 Å². The van der Waals surface area contributed by atoms with Gasteiger partial charge in [-0.25, -0.2) is 9.66 Å². The van der Waals surface area contributed by atoms with Gasteiger partial charge in [-0.05, 0) is 31.2 Å². The molecule has 0 aliphatic heterocycles. The highest BCUT2D eigenvalue weighted by Crippen LogP contribution is 2.34. The Morgan fingerprint density at radius 2 is 1.89 bits per heavy atom. The summed E-state index contributed by atoms with van der Waals surface area (Å²) < 4.78 is 6.79. The van der Waals surface area contributed by atoms with E-state index in [2.05, 4.69) is 20.2 Å². The number of nitrogens with one attached hydrogen (secondary N) is 1. The Labute approximate surface area is 164 Å². The zero-order valence-corrected chi connectivity index (χ0v) is 16.1. The fraction of sp³-hybridized carbons (Fsp3) is 0.158. The molecule has 0 spiro atoms. The van der Waals surface area contributed by atoms with Gasteiger partial charge in [0.25, 0.3) is 5.56 Å². The van der Waals surface area contributed by atoms with E-state index in [0.29, 0.717) is 33.5 Å². The zero-order chi connectivity index (χ0) is 19.7. The van der Waals surface area contributed by atoms with Crippen LogP contribution in [-0.2, 0) is 0 Å². The number of thioether (sulfide) groups is 1. The molecule has 3 N–H and O–H groups in total. The number of hydrogen-bond acceptors (Lipinski definition) is 7. The first-order valence-electron chi connectivity index (χ1n) is 8.58. The molecule has 0 radical (unpaired) electrons. The molecule has 0 fully saturated rings. The van der Waals surface area contributed by atoms with Crippen LogP contribution in [0, 0.1) is 0 Å². The van der Waals surface area contributed by atoms with Crippen molar-refractivity contribution in [2.24, 2.45) is 0 Å². The molecular formula is C19H18N6O2S. The lowest BCUT2D eigenvalue weighted by atomic mass is 10.2. The molecule has 0 bridgehead atoms. The van der Waals surface area contributed by atoms with Crippen LogP contribution in [0.4, 0.5) is 0 Å². The molecule has 9 heteroatoms. The van der Waals surface area contributed by atoms with E-state index >= 15 is 0 Å². The van der Waals surface area contributed by atoms with Gasteiger partial charge in [-0.15, -0.1) is 10.2 Å². The van der Waals surface area contributed by atoms with Crippen LogP contribution in [0.3, 0.4) is 0 Å². The van der Waals surface area contributed by atoms with Crippen molar-refractivity contribution in [3.63, 3.8) is 0 Å². The van der Waals surface area contributed by atoms with Crippen LogP contribution in [0.5, 0.6) is 5.75 Å². The second-order valence-electron chi connectivity index (χ2n) is 6.10. The Bertz CT molecular complexity index is 1200. The van der Waals surface area contributed by atoms with E-state index in [1.165, 1.54) is 16.4 Å². The number of nitrogens with two attached hydrogens (primary N) is 1. The van der Waals surface area contributed by atoms with Crippen molar-refractivity contribution in [3.05, 3.63) is 64.7 Å². The number of fused-ring (bicyclic) bond motifs is 1. The summed E-state index contributed by atoms with van der Waals surface area (Å²) in [6, 6.07) is 14.7. The van der Waals surface area contributed by atoms with E-state index < -0.39 is 0 Å². The summed E-state index contributed by atoms with van der Waals surface area (Å²) in [5.74, 6) is 7.93. The number of methoxy groups -OCH3 is 1. The first-order valence-corrected chi connectivity index (χ1v) is 9.46. The summed E-state index contributed by atoms with van der Waals surface area (Å²) >= 11 is 1.36. The lowest BCUT2D eigenvalue weighted by Crippen LogP contribution is -2.14. The Kier molecular flexibility index (Phi) is 4.74. The van der Waals surface area contributed by atoms with E-state index in [9.17, 15) is 4.79 Å². The van der Waals surface area contributed by atoms with Crippen LogP contribution in [-0.4, -0.2) is 32.0 Å². The van der Waals surface area contributed by atoms with Crippen molar-refractivity contribution in [3.8, 4) is 17.1 Å². The molecule has 0 aliphatic rings. The van der Waals surface area contributed by atoms with Crippen LogP contribution < -0.4 is 16.1 Å². The van der Waals surface area contributed by atoms with E-state index in [1.54, 1.807) is 13.2 Å². The molecule has 0 saturated carbocycles. The van der Waals surface area contributed by atoms with Crippen LogP contribution in [0.1, 0.15) is 18.0 Å². The molecule has 0 saturated heterocycles. The van der Waals surface area contributed by atoms with Crippen molar-refractivity contribution in [2.45, 2.75) is 17.3 Å². The zero-order valence-electron chi connectivity index (χ0n) is 15.3. The highest BCUT2D eigenvalue weighted by molar-refractivity contribution is 7.99. The monoisotopic (exact) mass is 394 g/mol. The van der Waals surface area contributed by atoms with Crippen LogP contribution >= 0.6 is 11.8 Å². The first kappa shape index (κ1) is 18.1. The second kappa shape index (κ2) is 7.35. The third kappa shape index (κ3) is 3.20. The summed E-state index contributed by atoms with van der Waals surface area (Å²) in [5.41, 5.74) is 1.23. The van der Waals surface area contributed by atoms with Gasteiger partial charge in [0.15, 0.2) is 5.82 Å². The fourth-order valence-electron chi connectivity index (χ4n) is 2.88. The quantitative estimate of drug-likeness (QED) is 0.395. The maximum atomic E-state index is 12.3. The third-order valence-electron chi connectivity index (χ3n) is 4.31. The van der Waals surface area contributed by atoms with Gasteiger partial charge >= 0.3 is 0 Å². The van der Waals surface area contributed by atoms with Crippen molar-refractivity contribution < 1.29 is 4.74 Å². The molecule has 0 unspecified atom stereocenters. The molecule has 0 aliphatic carbocycles. The minimum absolute atomic E-state index is 0.169. The predicted octanol–water partition coefficient (Wildman–Crippen LogP) is 2.76. The smallest absolute Gasteiger partial charge is 0.258 e. The van der Waals surface area contributed by atoms with Gasteiger partial charge in [-0.1, -0.05) is 36.0 Å². The van der Waals surface area contributed by atoms with E-state index in [-0.39, 0.29) is 10.8 Å². The average molecular weight is 394 g/mol. The Morgan fingerprint density at radius 1 is 1.14 bits per heavy atom. The standard InChI is InChI=1S/C19H18N6O2S/c1-11(16-21-14-9-5-3-7-12(14)18(26)22-16)28-19-24-23-17(25(19)20)13-8-4-6-10-15(13)27-2/h3-11H,20H2,1-2H3,(H,21,22,26)/t11-/m0/s1. The Hall–Kier alpha value is -3.33. The van der Waals surface area contributed by atoms with Crippen molar-refractivity contribution >= 4 is 22.7 Å². The molecule has 1 atom stereocenters. The topological polar surface area (TPSA) is 112 Å². The molecule has 142 valence electrons. The average Bonchev–Trinajstić information content (AvgIpc) is 3.08. The van der Waals surface area contributed by atoms with Gasteiger partial charge in [-0.2, -0.15) is 0 Å². The minimum atomic E-state index is -0.186. The van der Waals surface area contributed by atoms with Gasteiger partial charge in [0.05, 0.1) is 28.8 Å². The number of para-hydroxylation sites is 2. The van der Waals surface area contributed by atoms with Crippen molar-refractivity contribution in [1.82, 2.24) is 24.8 Å². The number of ether oxygens (including phenoxy) is 1. The first-order chi connectivity index (χ1) is 13.6. The second-order valence-corrected chi connectivity index (χ2v) is 7.41. The molecule has 4 rings (SSSR count). The Morgan fingerprint density at radius 3 is 2.71 bits per heavy atom. The third-order valence-corrected chi connectivity index (χ3v) is 5.38. The molecule has 8 nitrogen and oxygen atoms in total. The number of nitrogens with zero attached hydrogens (tertiary/aromatic N) is 4. The fourth-order valence-corrected chi connectivity index (χ4v) is 3.71. The lowest BCUT2D eigenvalue weighted by Gasteiger charge is -2.11. The van der Waals surface area contributed by atoms with Crippen molar-refractivity contribution in [1.29, 1.82) is 0 Å². The minimum Gasteiger partial charge on any atom is -0.496 e.